The molecule has 70 heavy (non-hydrogen) atoms. The highest BCUT2D eigenvalue weighted by molar-refractivity contribution is 6.28. The fraction of sp³-hybridized carbons (Fsp3) is 0.129. The number of anilines is 6. The van der Waals surface area contributed by atoms with E-state index in [-0.39, 0.29) is 33.3 Å². The van der Waals surface area contributed by atoms with Crippen LogP contribution in [0, 0.1) is 41.2 Å². The van der Waals surface area contributed by atoms with E-state index in [1.54, 1.807) is 70.5 Å². The average molecular weight is 923 g/mol. The number of halogens is 4. The molecule has 342 valence electrons. The van der Waals surface area contributed by atoms with Crippen LogP contribution < -0.4 is 9.80 Å². The highest BCUT2D eigenvalue weighted by Crippen LogP contribution is 2.49. The SMILES string of the molecule is [C-]#[N+]c1ccc(N(c2cc(F)c(-c3cccc(C(C)(C)C)c3)cc2F)c2ccc3ccc4c(N(c5ccc(C#N)cc5)c5cc(F)c(-c6cccc(C(C)(C)C)c6)cc5F)ccc5ccc2c3c54)cc1. The van der Waals surface area contributed by atoms with E-state index in [0.29, 0.717) is 55.9 Å². The molecule has 0 spiro atoms. The monoisotopic (exact) mass is 922 g/mol. The van der Waals surface area contributed by atoms with Crippen molar-refractivity contribution in [2.45, 2.75) is 52.4 Å². The lowest BCUT2D eigenvalue weighted by Gasteiger charge is -2.30. The number of nitriles is 1. The van der Waals surface area contributed by atoms with E-state index in [4.69, 9.17) is 6.57 Å². The molecule has 0 aliphatic carbocycles. The van der Waals surface area contributed by atoms with E-state index in [1.165, 1.54) is 24.3 Å². The minimum Gasteiger partial charge on any atom is -0.307 e. The second-order valence-electron chi connectivity index (χ2n) is 19.8. The number of benzene rings is 10. The summed E-state index contributed by atoms with van der Waals surface area (Å²) in [5, 5.41) is 14.5. The molecular weight excluding hydrogens is 877 g/mol. The Balaban J connectivity index is 1.18. The van der Waals surface area contributed by atoms with Crippen molar-refractivity contribution in [2.75, 3.05) is 9.80 Å². The molecule has 0 aliphatic rings. The van der Waals surface area contributed by atoms with Gasteiger partial charge in [-0.2, -0.15) is 5.26 Å². The highest BCUT2D eigenvalue weighted by atomic mass is 19.1. The van der Waals surface area contributed by atoms with Crippen molar-refractivity contribution in [2.24, 2.45) is 0 Å². The zero-order valence-electron chi connectivity index (χ0n) is 39.5. The van der Waals surface area contributed by atoms with Crippen molar-refractivity contribution in [1.29, 1.82) is 5.26 Å². The standard InChI is InChI=1S/C62H46F4N4/c1-61(2,3)42-12-8-10-40(30-42)49-32-53(65)57(34-51(49)63)69(45-22-14-37(36-67)15-23-45)55-28-18-38-17-27-48-56(29-19-39-16-26-47(55)59(38)60(39)48)70(46-24-20-44(68-7)21-25-46)58-35-52(64)50(33-54(58)66)41-11-9-13-43(31-41)62(4,5)6/h8-35H,1-6H3. The van der Waals surface area contributed by atoms with Gasteiger partial charge in [-0.05, 0) is 115 Å². The Morgan fingerprint density at radius 2 is 0.871 bits per heavy atom. The number of hydrogen-bond donors (Lipinski definition) is 0. The fourth-order valence-corrected chi connectivity index (χ4v) is 9.50. The summed E-state index contributed by atoms with van der Waals surface area (Å²) in [6, 6.07) is 51.0. The second-order valence-corrected chi connectivity index (χ2v) is 19.8. The predicted molar refractivity (Wildman–Crippen MR) is 279 cm³/mol. The van der Waals surface area contributed by atoms with E-state index in [0.717, 1.165) is 32.7 Å². The first kappa shape index (κ1) is 45.3. The Labute approximate surface area is 405 Å². The summed E-state index contributed by atoms with van der Waals surface area (Å²) in [5.41, 5.74) is 5.74. The summed E-state index contributed by atoms with van der Waals surface area (Å²) < 4.78 is 67.4. The summed E-state index contributed by atoms with van der Waals surface area (Å²) in [7, 11) is 0. The zero-order valence-corrected chi connectivity index (χ0v) is 39.5. The van der Waals surface area contributed by atoms with E-state index in [9.17, 15) is 5.26 Å². The van der Waals surface area contributed by atoms with Gasteiger partial charge in [0, 0.05) is 45.4 Å². The zero-order chi connectivity index (χ0) is 49.2. The first-order valence-corrected chi connectivity index (χ1v) is 23.0. The molecule has 0 N–H and O–H groups in total. The van der Waals surface area contributed by atoms with Crippen molar-refractivity contribution in [1.82, 2.24) is 0 Å². The van der Waals surface area contributed by atoms with Crippen molar-refractivity contribution < 1.29 is 17.6 Å². The molecule has 0 amide bonds. The second kappa shape index (κ2) is 17.3. The van der Waals surface area contributed by atoms with Crippen molar-refractivity contribution in [3.63, 3.8) is 0 Å². The van der Waals surface area contributed by atoms with Gasteiger partial charge in [0.1, 0.15) is 23.3 Å². The molecule has 0 aliphatic heterocycles. The minimum atomic E-state index is -0.656. The third-order valence-electron chi connectivity index (χ3n) is 13.2. The Morgan fingerprint density at radius 3 is 1.27 bits per heavy atom. The average Bonchev–Trinajstić information content (AvgIpc) is 3.35. The molecule has 10 aromatic carbocycles. The number of nitrogens with zero attached hydrogens (tertiary/aromatic N) is 4. The Hall–Kier alpha value is -8.46. The van der Waals surface area contributed by atoms with Crippen LogP contribution in [0.2, 0.25) is 0 Å². The molecule has 8 heteroatoms. The molecule has 0 aromatic heterocycles. The lowest BCUT2D eigenvalue weighted by atomic mass is 9.85. The van der Waals surface area contributed by atoms with Gasteiger partial charge in [-0.15, -0.1) is 0 Å². The lowest BCUT2D eigenvalue weighted by molar-refractivity contribution is 0.589. The van der Waals surface area contributed by atoms with Crippen LogP contribution in [0.3, 0.4) is 0 Å². The minimum absolute atomic E-state index is 0.0300. The Kier molecular flexibility index (Phi) is 11.2. The maximum Gasteiger partial charge on any atom is 0.187 e. The van der Waals surface area contributed by atoms with E-state index in [2.05, 4.69) is 52.5 Å². The topological polar surface area (TPSA) is 34.6 Å². The fourth-order valence-electron chi connectivity index (χ4n) is 9.50. The molecule has 0 unspecified atom stereocenters. The normalized spacial score (nSPS) is 11.8. The summed E-state index contributed by atoms with van der Waals surface area (Å²) in [4.78, 5) is 6.92. The van der Waals surface area contributed by atoms with E-state index < -0.39 is 23.3 Å². The molecule has 4 nitrogen and oxygen atoms in total. The van der Waals surface area contributed by atoms with Crippen molar-refractivity contribution in [3.8, 4) is 28.3 Å². The highest BCUT2D eigenvalue weighted by Gasteiger charge is 2.27. The molecule has 10 rings (SSSR count). The van der Waals surface area contributed by atoms with Crippen LogP contribution in [0.15, 0.2) is 170 Å². The van der Waals surface area contributed by atoms with Crippen LogP contribution in [0.1, 0.15) is 58.2 Å². The Morgan fingerprint density at radius 1 is 0.457 bits per heavy atom. The van der Waals surface area contributed by atoms with E-state index >= 15 is 17.6 Å². The smallest absolute Gasteiger partial charge is 0.187 e. The molecule has 0 saturated heterocycles. The molecule has 0 heterocycles. The lowest BCUT2D eigenvalue weighted by Crippen LogP contribution is -2.14. The molecule has 0 saturated carbocycles. The summed E-state index contributed by atoms with van der Waals surface area (Å²) in [6.45, 7) is 20.0. The molecule has 0 fully saturated rings. The van der Waals surface area contributed by atoms with Gasteiger partial charge in [0.2, 0.25) is 0 Å². The van der Waals surface area contributed by atoms with Gasteiger partial charge in [0.15, 0.2) is 5.69 Å². The Bertz CT molecular complexity index is 3510. The predicted octanol–water partition coefficient (Wildman–Crippen LogP) is 18.4. The van der Waals surface area contributed by atoms with Crippen LogP contribution >= 0.6 is 0 Å². The van der Waals surface area contributed by atoms with Gasteiger partial charge in [-0.25, -0.2) is 22.4 Å². The first-order valence-electron chi connectivity index (χ1n) is 23.0. The van der Waals surface area contributed by atoms with Gasteiger partial charge in [-0.3, -0.25) is 0 Å². The maximum absolute atomic E-state index is 17.0. The maximum atomic E-state index is 17.0. The molecule has 0 radical (unpaired) electrons. The van der Waals surface area contributed by atoms with Gasteiger partial charge in [0.25, 0.3) is 0 Å². The van der Waals surface area contributed by atoms with Crippen molar-refractivity contribution in [3.05, 3.63) is 221 Å². The summed E-state index contributed by atoms with van der Waals surface area (Å²) in [6.07, 6.45) is 0. The summed E-state index contributed by atoms with van der Waals surface area (Å²) in [5.74, 6) is -2.52. The first-order chi connectivity index (χ1) is 33.5. The number of hydrogen-bond acceptors (Lipinski definition) is 3. The van der Waals surface area contributed by atoms with Crippen LogP contribution in [-0.2, 0) is 10.8 Å². The van der Waals surface area contributed by atoms with Gasteiger partial charge in [0.05, 0.1) is 41.0 Å². The van der Waals surface area contributed by atoms with Gasteiger partial charge < -0.3 is 9.80 Å². The van der Waals surface area contributed by atoms with Crippen LogP contribution in [0.5, 0.6) is 0 Å². The quantitative estimate of drug-likeness (QED) is 0.0865. The molecule has 10 aromatic rings. The van der Waals surface area contributed by atoms with E-state index in [1.807, 2.05) is 84.9 Å². The third-order valence-corrected chi connectivity index (χ3v) is 13.2. The van der Waals surface area contributed by atoms with Gasteiger partial charge in [-0.1, -0.05) is 139 Å². The van der Waals surface area contributed by atoms with Gasteiger partial charge >= 0.3 is 0 Å². The molecule has 0 bridgehead atoms. The van der Waals surface area contributed by atoms with Crippen molar-refractivity contribution >= 4 is 72.1 Å². The summed E-state index contributed by atoms with van der Waals surface area (Å²) >= 11 is 0. The van der Waals surface area contributed by atoms with Crippen LogP contribution in [-0.4, -0.2) is 0 Å². The number of rotatable bonds is 8. The third kappa shape index (κ3) is 8.02. The largest absolute Gasteiger partial charge is 0.307 e. The van der Waals surface area contributed by atoms with Crippen LogP contribution in [0.4, 0.5) is 57.4 Å². The molecular formula is C62H46F4N4. The van der Waals surface area contributed by atoms with Crippen LogP contribution in [0.25, 0.3) is 59.4 Å². The molecule has 0 atom stereocenters.